The molecule has 0 bridgehead atoms. The van der Waals surface area contributed by atoms with Crippen molar-refractivity contribution in [2.45, 2.75) is 134 Å². The van der Waals surface area contributed by atoms with Crippen LogP contribution < -0.4 is 9.47 Å². The third kappa shape index (κ3) is 11.3. The number of aliphatic hydroxyl groups is 2. The largest absolute Gasteiger partial charge is 0.459 e. The van der Waals surface area contributed by atoms with Gasteiger partial charge in [-0.3, -0.25) is 14.9 Å². The third-order valence-corrected chi connectivity index (χ3v) is 13.5. The van der Waals surface area contributed by atoms with Crippen LogP contribution in [0.3, 0.4) is 0 Å². The van der Waals surface area contributed by atoms with Crippen LogP contribution in [-0.4, -0.2) is 68.9 Å². The van der Waals surface area contributed by atoms with E-state index in [1.54, 1.807) is 36.4 Å². The van der Waals surface area contributed by atoms with E-state index in [1.165, 1.54) is 24.3 Å². The molecule has 7 rings (SSSR count). The van der Waals surface area contributed by atoms with Gasteiger partial charge in [0.25, 0.3) is 5.69 Å². The van der Waals surface area contributed by atoms with E-state index in [1.807, 2.05) is 37.8 Å². The van der Waals surface area contributed by atoms with E-state index in [2.05, 4.69) is 12.7 Å². The monoisotopic (exact) mass is 895 g/mol. The highest BCUT2D eigenvalue weighted by Gasteiger charge is 2.65. The van der Waals surface area contributed by atoms with E-state index in [9.17, 15) is 24.7 Å². The van der Waals surface area contributed by atoms with Gasteiger partial charge in [0, 0.05) is 50.1 Å². The molecule has 350 valence electrons. The van der Waals surface area contributed by atoms with E-state index in [0.717, 1.165) is 74.5 Å². The van der Waals surface area contributed by atoms with E-state index < -0.39 is 28.3 Å². The molecular weight excluding hydrogens is 830 g/mol. The lowest BCUT2D eigenvalue weighted by Gasteiger charge is -2.60. The Labute approximate surface area is 382 Å². The first-order valence-electron chi connectivity index (χ1n) is 23.6. The fraction of sp³-hybridized carbons (Fsp3) is 0.538. The van der Waals surface area contributed by atoms with Gasteiger partial charge in [0.1, 0.15) is 34.7 Å². The Morgan fingerprint density at radius 2 is 1.72 bits per heavy atom. The van der Waals surface area contributed by atoms with Crippen molar-refractivity contribution in [2.75, 3.05) is 19.8 Å². The maximum atomic E-state index is 15.1. The zero-order valence-corrected chi connectivity index (χ0v) is 38.2. The van der Waals surface area contributed by atoms with E-state index >= 15 is 4.79 Å². The average molecular weight is 896 g/mol. The standard InChI is InChI=1S/C52H66FN3O9/c1-5-29-62-52-47(55(34-36-19-22-38(53)23-20-36)48(59)26-21-35-13-6-7-14-35)33-45(54-65-51(2,3)4)43-30-37(15-8-10-27-57)42(18-9-11-28-58)49(50(43)52)44-32-41(24-25-46(44)64-52)63-40-17-12-16-39(31-40)56(60)61/h5,12,16-17,19-20,22-25,30-32,35,37,42,47,49-50,57-58H,1,6-11,13-15,18,21,26-29,33-34H2,2-4H3. The number of hydrogen-bond donors (Lipinski definition) is 2. The summed E-state index contributed by atoms with van der Waals surface area (Å²) in [6.45, 7) is 10.3. The van der Waals surface area contributed by atoms with Crippen LogP contribution >= 0.6 is 0 Å². The zero-order valence-electron chi connectivity index (χ0n) is 38.2. The van der Waals surface area contributed by atoms with Gasteiger partial charge in [-0.05, 0) is 118 Å². The Balaban J connectivity index is 1.45. The van der Waals surface area contributed by atoms with Gasteiger partial charge in [-0.1, -0.05) is 74.0 Å². The predicted octanol–water partition coefficient (Wildman–Crippen LogP) is 11.0. The number of halogens is 1. The van der Waals surface area contributed by atoms with Gasteiger partial charge in [0.2, 0.25) is 11.7 Å². The SMILES string of the molecule is C=CCOC12Oc3ccc(Oc4cccc([N+](=O)[O-])c4)cc3C3C(CCCCO)C(CCCCO)C=C(C(=NOC(C)(C)C)CC1N(Cc1ccc(F)cc1)C(=O)CCC1CCCC1)C32. The number of fused-ring (bicyclic) bond motifs is 2. The van der Waals surface area contributed by atoms with E-state index in [-0.39, 0.29) is 68.0 Å². The third-order valence-electron chi connectivity index (χ3n) is 13.5. The molecule has 0 spiro atoms. The number of carbonyl (C=O) groups is 1. The summed E-state index contributed by atoms with van der Waals surface area (Å²) < 4.78 is 35.4. The molecule has 0 radical (unpaired) electrons. The molecule has 3 aromatic rings. The van der Waals surface area contributed by atoms with E-state index in [0.29, 0.717) is 48.1 Å². The van der Waals surface area contributed by atoms with Gasteiger partial charge in [0.15, 0.2) is 0 Å². The predicted molar refractivity (Wildman–Crippen MR) is 247 cm³/mol. The first-order valence-corrected chi connectivity index (χ1v) is 23.6. The van der Waals surface area contributed by atoms with Crippen LogP contribution in [0.5, 0.6) is 17.2 Å². The van der Waals surface area contributed by atoms with Crippen molar-refractivity contribution in [1.29, 1.82) is 0 Å². The summed E-state index contributed by atoms with van der Waals surface area (Å²) in [7, 11) is 0. The number of unbranched alkanes of at least 4 members (excludes halogenated alkanes) is 2. The number of benzene rings is 3. The highest BCUT2D eigenvalue weighted by atomic mass is 19.1. The molecule has 4 aliphatic rings. The minimum Gasteiger partial charge on any atom is -0.459 e. The molecule has 13 heteroatoms. The summed E-state index contributed by atoms with van der Waals surface area (Å²) in [5, 5.41) is 36.6. The second kappa shape index (κ2) is 21.5. The molecule has 2 fully saturated rings. The van der Waals surface area contributed by atoms with Gasteiger partial charge in [0.05, 0.1) is 29.2 Å². The molecule has 3 aliphatic carbocycles. The Morgan fingerprint density at radius 3 is 2.42 bits per heavy atom. The second-order valence-corrected chi connectivity index (χ2v) is 19.2. The number of amides is 1. The van der Waals surface area contributed by atoms with Crippen molar-refractivity contribution in [3.8, 4) is 17.2 Å². The molecule has 0 saturated heterocycles. The Morgan fingerprint density at radius 1 is 1.00 bits per heavy atom. The number of nitro groups is 1. The van der Waals surface area contributed by atoms with Crippen LogP contribution in [-0.2, 0) is 20.9 Å². The normalized spacial score (nSPS) is 24.4. The van der Waals surface area contributed by atoms with Crippen LogP contribution in [0.15, 0.2) is 96.2 Å². The minimum atomic E-state index is -1.48. The second-order valence-electron chi connectivity index (χ2n) is 19.2. The number of non-ortho nitro benzene ring substituents is 1. The number of nitro benzene ring substituents is 1. The highest BCUT2D eigenvalue weighted by Crippen LogP contribution is 2.62. The number of hydrogen-bond acceptors (Lipinski definition) is 10. The topological polar surface area (TPSA) is 153 Å². The van der Waals surface area contributed by atoms with Crippen LogP contribution in [0, 0.1) is 39.6 Å². The molecule has 2 N–H and O–H groups in total. The molecule has 1 heterocycles. The molecule has 1 amide bonds. The van der Waals surface area contributed by atoms with Gasteiger partial charge in [-0.2, -0.15) is 0 Å². The van der Waals surface area contributed by atoms with Gasteiger partial charge < -0.3 is 34.2 Å². The van der Waals surface area contributed by atoms with Crippen molar-refractivity contribution in [1.82, 2.24) is 4.90 Å². The van der Waals surface area contributed by atoms with Gasteiger partial charge in [-0.25, -0.2) is 4.39 Å². The first kappa shape index (κ1) is 47.8. The summed E-state index contributed by atoms with van der Waals surface area (Å²) in [5.41, 5.74) is 2.47. The van der Waals surface area contributed by atoms with Crippen molar-refractivity contribution < 1.29 is 43.4 Å². The Bertz CT molecular complexity index is 2180. The quantitative estimate of drug-likeness (QED) is 0.0460. The minimum absolute atomic E-state index is 0.0145. The summed E-state index contributed by atoms with van der Waals surface area (Å²) in [6.07, 6.45) is 14.2. The maximum absolute atomic E-state index is 15.1. The summed E-state index contributed by atoms with van der Waals surface area (Å²) in [6, 6.07) is 17.2. The van der Waals surface area contributed by atoms with Crippen molar-refractivity contribution in [2.24, 2.45) is 28.8 Å². The fourth-order valence-corrected chi connectivity index (χ4v) is 10.6. The molecular formula is C52H66FN3O9. The number of carbonyl (C=O) groups excluding carboxylic acids is 1. The lowest BCUT2D eigenvalue weighted by molar-refractivity contribution is -0.384. The number of allylic oxidation sites excluding steroid dienone is 1. The molecule has 12 nitrogen and oxygen atoms in total. The van der Waals surface area contributed by atoms with Crippen LogP contribution in [0.25, 0.3) is 0 Å². The Hall–Kier alpha value is -5.11. The lowest BCUT2D eigenvalue weighted by atomic mass is 9.55. The van der Waals surface area contributed by atoms with Crippen molar-refractivity contribution >= 4 is 17.3 Å². The maximum Gasteiger partial charge on any atom is 0.273 e. The molecule has 6 atom stereocenters. The smallest absolute Gasteiger partial charge is 0.273 e. The molecule has 6 unspecified atom stereocenters. The molecule has 1 aliphatic heterocycles. The summed E-state index contributed by atoms with van der Waals surface area (Å²) in [5.74, 6) is -0.964. The van der Waals surface area contributed by atoms with Gasteiger partial charge >= 0.3 is 0 Å². The molecule has 2 saturated carbocycles. The molecule has 3 aromatic carbocycles. The zero-order chi connectivity index (χ0) is 46.1. The van der Waals surface area contributed by atoms with E-state index in [4.69, 9.17) is 24.2 Å². The molecule has 0 aromatic heterocycles. The number of aliphatic hydroxyl groups excluding tert-OH is 2. The molecule has 65 heavy (non-hydrogen) atoms. The average Bonchev–Trinajstić information content (AvgIpc) is 3.82. The van der Waals surface area contributed by atoms with Crippen LogP contribution in [0.4, 0.5) is 10.1 Å². The summed E-state index contributed by atoms with van der Waals surface area (Å²) in [4.78, 5) is 34.5. The fourth-order valence-electron chi connectivity index (χ4n) is 10.6. The number of rotatable bonds is 21. The van der Waals surface area contributed by atoms with Crippen LogP contribution in [0.2, 0.25) is 0 Å². The number of ether oxygens (including phenoxy) is 3. The Kier molecular flexibility index (Phi) is 15.8. The number of nitrogens with zero attached hydrogens (tertiary/aromatic N) is 3. The van der Waals surface area contributed by atoms with Gasteiger partial charge in [-0.15, -0.1) is 6.58 Å². The number of oxime groups is 1. The highest BCUT2D eigenvalue weighted by molar-refractivity contribution is 6.03. The van der Waals surface area contributed by atoms with Crippen molar-refractivity contribution in [3.63, 3.8) is 0 Å². The lowest BCUT2D eigenvalue weighted by Crippen LogP contribution is -2.70. The van der Waals surface area contributed by atoms with Crippen LogP contribution in [0.1, 0.15) is 121 Å². The summed E-state index contributed by atoms with van der Waals surface area (Å²) >= 11 is 0. The van der Waals surface area contributed by atoms with Crippen molar-refractivity contribution in [3.05, 3.63) is 118 Å². The first-order chi connectivity index (χ1) is 31.3.